The molecule has 1 fully saturated rings. The Morgan fingerprint density at radius 1 is 0.723 bits per heavy atom. The number of hydrogen-bond donors (Lipinski definition) is 0. The molecule has 0 N–H and O–H groups in total. The topological polar surface area (TPSA) is 27.7 Å². The van der Waals surface area contributed by atoms with Gasteiger partial charge in [0.1, 0.15) is 17.4 Å². The van der Waals surface area contributed by atoms with Crippen LogP contribution in [0, 0.1) is 23.3 Å². The summed E-state index contributed by atoms with van der Waals surface area (Å²) >= 11 is 0. The first-order chi connectivity index (χ1) is 22.4. The SMILES string of the molecule is CCCCOc1ccc(C(F)(F)OC2CCC(c3ccc(-c4ccc(-c5cc(F)c(OC(F)F)c(F)c5)c(F)c4)cc3)CC2)c(F)c1. The molecule has 0 bridgehead atoms. The highest BCUT2D eigenvalue weighted by Gasteiger charge is 2.40. The average molecular weight is 665 g/mol. The molecule has 47 heavy (non-hydrogen) atoms. The maximum absolute atomic E-state index is 15.0. The van der Waals surface area contributed by atoms with E-state index in [0.29, 0.717) is 43.4 Å². The summed E-state index contributed by atoms with van der Waals surface area (Å²) in [5.41, 5.74) is 0.972. The summed E-state index contributed by atoms with van der Waals surface area (Å²) in [7, 11) is 0. The average Bonchev–Trinajstić information content (AvgIpc) is 3.03. The number of rotatable bonds is 12. The number of alkyl halides is 4. The molecule has 1 aliphatic carbocycles. The second kappa shape index (κ2) is 14.8. The quantitative estimate of drug-likeness (QED) is 0.111. The summed E-state index contributed by atoms with van der Waals surface area (Å²) in [5, 5.41) is 0. The zero-order valence-corrected chi connectivity index (χ0v) is 25.4. The van der Waals surface area contributed by atoms with Crippen molar-refractivity contribution in [2.75, 3.05) is 6.61 Å². The van der Waals surface area contributed by atoms with Crippen molar-refractivity contribution in [1.82, 2.24) is 0 Å². The van der Waals surface area contributed by atoms with Crippen molar-refractivity contribution in [3.8, 4) is 33.8 Å². The second-order valence-corrected chi connectivity index (χ2v) is 11.4. The maximum Gasteiger partial charge on any atom is 0.387 e. The van der Waals surface area contributed by atoms with Crippen LogP contribution in [0.4, 0.5) is 35.1 Å². The number of unbranched alkanes of at least 4 members (excludes halogenated alkanes) is 1. The van der Waals surface area contributed by atoms with E-state index >= 15 is 4.39 Å². The van der Waals surface area contributed by atoms with Crippen LogP contribution in [0.5, 0.6) is 11.5 Å². The smallest absolute Gasteiger partial charge is 0.387 e. The summed E-state index contributed by atoms with van der Waals surface area (Å²) in [6, 6.07) is 16.1. The van der Waals surface area contributed by atoms with E-state index in [0.717, 1.165) is 42.7 Å². The van der Waals surface area contributed by atoms with Gasteiger partial charge in [-0.1, -0.05) is 49.7 Å². The highest BCUT2D eigenvalue weighted by molar-refractivity contribution is 5.71. The molecule has 0 amide bonds. The Kier molecular flexibility index (Phi) is 10.7. The third-order valence-electron chi connectivity index (χ3n) is 8.21. The molecular formula is C36H32F8O3. The molecule has 5 rings (SSSR count). The van der Waals surface area contributed by atoms with Gasteiger partial charge in [0.15, 0.2) is 17.4 Å². The van der Waals surface area contributed by atoms with Crippen LogP contribution < -0.4 is 9.47 Å². The fourth-order valence-corrected chi connectivity index (χ4v) is 5.74. The van der Waals surface area contributed by atoms with Crippen molar-refractivity contribution in [3.05, 3.63) is 107 Å². The molecule has 1 aliphatic rings. The summed E-state index contributed by atoms with van der Waals surface area (Å²) in [4.78, 5) is 0. The molecule has 4 aromatic carbocycles. The van der Waals surface area contributed by atoms with Gasteiger partial charge < -0.3 is 14.2 Å². The van der Waals surface area contributed by atoms with E-state index in [9.17, 15) is 30.7 Å². The van der Waals surface area contributed by atoms with E-state index in [1.165, 1.54) is 18.2 Å². The lowest BCUT2D eigenvalue weighted by Gasteiger charge is -2.31. The summed E-state index contributed by atoms with van der Waals surface area (Å²) < 4.78 is 127. The van der Waals surface area contributed by atoms with Crippen LogP contribution in [0.3, 0.4) is 0 Å². The van der Waals surface area contributed by atoms with E-state index < -0.39 is 53.4 Å². The first kappa shape index (κ1) is 34.2. The van der Waals surface area contributed by atoms with Gasteiger partial charge >= 0.3 is 12.7 Å². The number of ether oxygens (including phenoxy) is 3. The lowest BCUT2D eigenvalue weighted by Crippen LogP contribution is -2.30. The van der Waals surface area contributed by atoms with Gasteiger partial charge in [-0.2, -0.15) is 17.6 Å². The number of benzene rings is 4. The fraction of sp³-hybridized carbons (Fsp3) is 0.333. The van der Waals surface area contributed by atoms with Crippen molar-refractivity contribution in [2.45, 2.75) is 70.2 Å². The molecule has 0 radical (unpaired) electrons. The lowest BCUT2D eigenvalue weighted by molar-refractivity contribution is -0.278. The van der Waals surface area contributed by atoms with E-state index in [1.807, 2.05) is 19.1 Å². The van der Waals surface area contributed by atoms with Crippen LogP contribution in [0.25, 0.3) is 22.3 Å². The van der Waals surface area contributed by atoms with Gasteiger partial charge in [-0.15, -0.1) is 0 Å². The Morgan fingerprint density at radius 2 is 1.36 bits per heavy atom. The summed E-state index contributed by atoms with van der Waals surface area (Å²) in [6.07, 6.45) is -1.05. The van der Waals surface area contributed by atoms with Gasteiger partial charge in [0, 0.05) is 11.6 Å². The zero-order valence-electron chi connectivity index (χ0n) is 25.4. The first-order valence-corrected chi connectivity index (χ1v) is 15.3. The molecule has 0 heterocycles. The largest absolute Gasteiger partial charge is 0.493 e. The molecule has 0 atom stereocenters. The van der Waals surface area contributed by atoms with Crippen molar-refractivity contribution < 1.29 is 49.3 Å². The highest BCUT2D eigenvalue weighted by atomic mass is 19.3. The molecule has 0 spiro atoms. The van der Waals surface area contributed by atoms with E-state index in [4.69, 9.17) is 9.47 Å². The van der Waals surface area contributed by atoms with Gasteiger partial charge in [0.05, 0.1) is 18.3 Å². The minimum atomic E-state index is -3.80. The molecule has 3 nitrogen and oxygen atoms in total. The van der Waals surface area contributed by atoms with E-state index in [-0.39, 0.29) is 22.8 Å². The second-order valence-electron chi connectivity index (χ2n) is 11.4. The van der Waals surface area contributed by atoms with Crippen LogP contribution in [0.15, 0.2) is 72.8 Å². The predicted molar refractivity (Wildman–Crippen MR) is 161 cm³/mol. The Balaban J connectivity index is 1.19. The standard InChI is InChI=1S/C36H32F8O3/c1-2-3-16-45-27-13-15-29(31(38)20-27)36(43,44)47-26-11-8-22(9-12-26)21-4-6-23(7-5-21)24-10-14-28(30(37)17-24)25-18-32(39)34(33(40)19-25)46-35(41)42/h4-7,10,13-15,17-20,22,26,35H,2-3,8-9,11-12,16H2,1H3. The third-order valence-corrected chi connectivity index (χ3v) is 8.21. The molecule has 11 heteroatoms. The molecule has 0 aliphatic heterocycles. The van der Waals surface area contributed by atoms with Crippen LogP contribution in [0.2, 0.25) is 0 Å². The highest BCUT2D eigenvalue weighted by Crippen LogP contribution is 2.41. The first-order valence-electron chi connectivity index (χ1n) is 15.3. The molecule has 250 valence electrons. The molecule has 0 saturated heterocycles. The van der Waals surface area contributed by atoms with Gasteiger partial charge in [-0.3, -0.25) is 0 Å². The van der Waals surface area contributed by atoms with Gasteiger partial charge in [-0.25, -0.2) is 17.6 Å². The predicted octanol–water partition coefficient (Wildman–Crippen LogP) is 11.1. The summed E-state index contributed by atoms with van der Waals surface area (Å²) in [6.45, 7) is -1.08. The third kappa shape index (κ3) is 8.25. The molecule has 0 unspecified atom stereocenters. The van der Waals surface area contributed by atoms with E-state index in [1.54, 1.807) is 18.2 Å². The van der Waals surface area contributed by atoms with Crippen molar-refractivity contribution in [2.24, 2.45) is 0 Å². The van der Waals surface area contributed by atoms with Gasteiger partial charge in [-0.05, 0) is 90.6 Å². The van der Waals surface area contributed by atoms with Crippen LogP contribution in [-0.4, -0.2) is 19.3 Å². The fourth-order valence-electron chi connectivity index (χ4n) is 5.74. The Bertz CT molecular complexity index is 1640. The number of hydrogen-bond acceptors (Lipinski definition) is 3. The Morgan fingerprint density at radius 3 is 1.96 bits per heavy atom. The van der Waals surface area contributed by atoms with Crippen LogP contribution >= 0.6 is 0 Å². The normalized spacial score (nSPS) is 16.8. The van der Waals surface area contributed by atoms with Gasteiger partial charge in [0.2, 0.25) is 0 Å². The van der Waals surface area contributed by atoms with Crippen molar-refractivity contribution in [3.63, 3.8) is 0 Å². The Labute approximate surface area is 267 Å². The Hall–Kier alpha value is -4.12. The lowest BCUT2D eigenvalue weighted by atomic mass is 9.82. The molecule has 4 aromatic rings. The monoisotopic (exact) mass is 664 g/mol. The van der Waals surface area contributed by atoms with Crippen LogP contribution in [0.1, 0.15) is 62.5 Å². The molecule has 0 aromatic heterocycles. The van der Waals surface area contributed by atoms with Crippen LogP contribution in [-0.2, 0) is 10.8 Å². The van der Waals surface area contributed by atoms with Crippen molar-refractivity contribution in [1.29, 1.82) is 0 Å². The minimum absolute atomic E-state index is 0.0785. The zero-order chi connectivity index (χ0) is 33.7. The number of halogens is 8. The maximum atomic E-state index is 15.0. The van der Waals surface area contributed by atoms with Gasteiger partial charge in [0.25, 0.3) is 0 Å². The van der Waals surface area contributed by atoms with E-state index in [2.05, 4.69) is 4.74 Å². The molecular weight excluding hydrogens is 632 g/mol. The molecule has 1 saturated carbocycles. The minimum Gasteiger partial charge on any atom is -0.493 e. The van der Waals surface area contributed by atoms with Crippen molar-refractivity contribution >= 4 is 0 Å². The summed E-state index contributed by atoms with van der Waals surface area (Å²) in [5.74, 6) is -5.63.